The maximum Gasteiger partial charge on any atom is 0.328 e. The molecule has 1 amide bonds. The molecule has 104 valence electrons. The predicted octanol–water partition coefficient (Wildman–Crippen LogP) is -1.50. The Morgan fingerprint density at radius 2 is 2.11 bits per heavy atom. The van der Waals surface area contributed by atoms with Crippen molar-refractivity contribution in [3.63, 3.8) is 0 Å². The molecule has 1 aromatic rings. The van der Waals surface area contributed by atoms with Crippen molar-refractivity contribution < 1.29 is 9.18 Å². The molecular weight excluding hydrogens is 255 g/mol. The number of halogens is 1. The molecule has 0 spiro atoms. The first-order valence-electron chi connectivity index (χ1n) is 6.05. The van der Waals surface area contributed by atoms with E-state index in [0.29, 0.717) is 19.6 Å². The van der Waals surface area contributed by atoms with Crippen molar-refractivity contribution in [1.29, 1.82) is 0 Å². The number of nitrogens with one attached hydrogen (secondary N) is 2. The van der Waals surface area contributed by atoms with Crippen LogP contribution in [0.25, 0.3) is 0 Å². The van der Waals surface area contributed by atoms with E-state index < -0.39 is 17.1 Å². The molecule has 19 heavy (non-hydrogen) atoms. The van der Waals surface area contributed by atoms with Gasteiger partial charge in [0.2, 0.25) is 11.7 Å². The first-order valence-corrected chi connectivity index (χ1v) is 6.05. The van der Waals surface area contributed by atoms with Crippen molar-refractivity contribution in [3.8, 4) is 0 Å². The number of carbonyl (C=O) groups is 1. The SMILES string of the molecule is O=C(Cn1cc(F)c(=O)[nH]c1=O)N1CCCNCC1. The maximum absolute atomic E-state index is 13.1. The van der Waals surface area contributed by atoms with E-state index in [4.69, 9.17) is 0 Å². The van der Waals surface area contributed by atoms with Crippen molar-refractivity contribution in [2.45, 2.75) is 13.0 Å². The summed E-state index contributed by atoms with van der Waals surface area (Å²) in [5.41, 5.74) is -1.86. The quantitative estimate of drug-likeness (QED) is 0.684. The average molecular weight is 270 g/mol. The standard InChI is InChI=1S/C11H15FN4O3/c12-8-6-16(11(19)14-10(8)18)7-9(17)15-4-1-2-13-3-5-15/h6,13H,1-5,7H2,(H,14,18,19). The second kappa shape index (κ2) is 5.79. The molecule has 0 aromatic carbocycles. The van der Waals surface area contributed by atoms with Gasteiger partial charge < -0.3 is 10.2 Å². The highest BCUT2D eigenvalue weighted by atomic mass is 19.1. The molecular formula is C11H15FN4O3. The van der Waals surface area contributed by atoms with Crippen molar-refractivity contribution in [1.82, 2.24) is 19.8 Å². The summed E-state index contributed by atoms with van der Waals surface area (Å²) in [6.45, 7) is 2.43. The van der Waals surface area contributed by atoms with Gasteiger partial charge in [-0.3, -0.25) is 19.1 Å². The lowest BCUT2D eigenvalue weighted by atomic mass is 10.3. The summed E-state index contributed by atoms with van der Waals surface area (Å²) >= 11 is 0. The third-order valence-electron chi connectivity index (χ3n) is 2.97. The summed E-state index contributed by atoms with van der Waals surface area (Å²) in [7, 11) is 0. The molecule has 2 heterocycles. The minimum Gasteiger partial charge on any atom is -0.340 e. The lowest BCUT2D eigenvalue weighted by molar-refractivity contribution is -0.131. The van der Waals surface area contributed by atoms with Crippen LogP contribution in [0.3, 0.4) is 0 Å². The Morgan fingerprint density at radius 1 is 1.32 bits per heavy atom. The maximum atomic E-state index is 13.1. The van der Waals surface area contributed by atoms with Crippen molar-refractivity contribution >= 4 is 5.91 Å². The van der Waals surface area contributed by atoms with E-state index in [1.54, 1.807) is 4.90 Å². The first kappa shape index (κ1) is 13.5. The van der Waals surface area contributed by atoms with Crippen LogP contribution in [0.15, 0.2) is 15.8 Å². The fraction of sp³-hybridized carbons (Fsp3) is 0.545. The predicted molar refractivity (Wildman–Crippen MR) is 65.3 cm³/mol. The van der Waals surface area contributed by atoms with Gasteiger partial charge in [0.15, 0.2) is 0 Å². The largest absolute Gasteiger partial charge is 0.340 e. The minimum atomic E-state index is -1.08. The fourth-order valence-electron chi connectivity index (χ4n) is 1.94. The van der Waals surface area contributed by atoms with Crippen molar-refractivity contribution in [2.24, 2.45) is 0 Å². The molecule has 2 rings (SSSR count). The molecule has 0 radical (unpaired) electrons. The lowest BCUT2D eigenvalue weighted by Gasteiger charge is -2.20. The van der Waals surface area contributed by atoms with E-state index in [1.165, 1.54) is 0 Å². The normalized spacial score (nSPS) is 16.2. The van der Waals surface area contributed by atoms with Crippen LogP contribution in [-0.4, -0.2) is 46.5 Å². The molecule has 1 aliphatic rings. The van der Waals surface area contributed by atoms with Gasteiger partial charge in [-0.2, -0.15) is 4.39 Å². The second-order valence-electron chi connectivity index (χ2n) is 4.35. The molecule has 1 saturated heterocycles. The van der Waals surface area contributed by atoms with Crippen LogP contribution in [0.5, 0.6) is 0 Å². The average Bonchev–Trinajstić information content (AvgIpc) is 2.64. The Bertz CT molecular complexity index is 572. The lowest BCUT2D eigenvalue weighted by Crippen LogP contribution is -2.40. The zero-order chi connectivity index (χ0) is 13.8. The summed E-state index contributed by atoms with van der Waals surface area (Å²) in [4.78, 5) is 37.7. The minimum absolute atomic E-state index is 0.266. The Hall–Kier alpha value is -1.96. The monoisotopic (exact) mass is 270 g/mol. The van der Waals surface area contributed by atoms with Gasteiger partial charge in [0.1, 0.15) is 6.54 Å². The molecule has 8 heteroatoms. The van der Waals surface area contributed by atoms with E-state index in [0.717, 1.165) is 23.7 Å². The number of hydrogen-bond acceptors (Lipinski definition) is 4. The number of aromatic amines is 1. The summed E-state index contributed by atoms with van der Waals surface area (Å²) in [5.74, 6) is -1.35. The summed E-state index contributed by atoms with van der Waals surface area (Å²) in [5, 5.41) is 3.15. The van der Waals surface area contributed by atoms with Crippen LogP contribution in [-0.2, 0) is 11.3 Å². The number of nitrogens with zero attached hydrogens (tertiary/aromatic N) is 2. The Balaban J connectivity index is 2.12. The number of amides is 1. The van der Waals surface area contributed by atoms with Gasteiger partial charge >= 0.3 is 5.69 Å². The van der Waals surface area contributed by atoms with Gasteiger partial charge in [0.25, 0.3) is 5.56 Å². The number of H-pyrrole nitrogens is 1. The molecule has 0 atom stereocenters. The van der Waals surface area contributed by atoms with Gasteiger partial charge in [-0.25, -0.2) is 4.79 Å². The van der Waals surface area contributed by atoms with E-state index in [-0.39, 0.29) is 12.5 Å². The van der Waals surface area contributed by atoms with Gasteiger partial charge in [-0.05, 0) is 13.0 Å². The molecule has 0 aliphatic carbocycles. The van der Waals surface area contributed by atoms with Crippen LogP contribution in [0.4, 0.5) is 4.39 Å². The van der Waals surface area contributed by atoms with E-state index in [9.17, 15) is 18.8 Å². The summed E-state index contributed by atoms with van der Waals surface area (Å²) in [6, 6.07) is 0. The van der Waals surface area contributed by atoms with E-state index in [2.05, 4.69) is 5.32 Å². The molecule has 1 aliphatic heterocycles. The van der Waals surface area contributed by atoms with Crippen molar-refractivity contribution in [2.75, 3.05) is 26.2 Å². The van der Waals surface area contributed by atoms with Crippen LogP contribution in [0, 0.1) is 5.82 Å². The summed E-state index contributed by atoms with van der Waals surface area (Å²) < 4.78 is 14.0. The number of hydrogen-bond donors (Lipinski definition) is 2. The number of carbonyl (C=O) groups excluding carboxylic acids is 1. The zero-order valence-corrected chi connectivity index (χ0v) is 10.3. The van der Waals surface area contributed by atoms with Gasteiger partial charge in [-0.15, -0.1) is 0 Å². The van der Waals surface area contributed by atoms with Gasteiger partial charge in [-0.1, -0.05) is 0 Å². The number of rotatable bonds is 2. The van der Waals surface area contributed by atoms with E-state index >= 15 is 0 Å². The Kier molecular flexibility index (Phi) is 4.10. The highest BCUT2D eigenvalue weighted by Gasteiger charge is 2.16. The fourth-order valence-corrected chi connectivity index (χ4v) is 1.94. The zero-order valence-electron chi connectivity index (χ0n) is 10.3. The van der Waals surface area contributed by atoms with E-state index in [1.807, 2.05) is 4.98 Å². The molecule has 1 aromatic heterocycles. The molecule has 0 unspecified atom stereocenters. The highest BCUT2D eigenvalue weighted by Crippen LogP contribution is 1.98. The van der Waals surface area contributed by atoms with Crippen molar-refractivity contribution in [3.05, 3.63) is 32.9 Å². The summed E-state index contributed by atoms with van der Waals surface area (Å²) in [6.07, 6.45) is 1.59. The highest BCUT2D eigenvalue weighted by molar-refractivity contribution is 5.76. The second-order valence-corrected chi connectivity index (χ2v) is 4.35. The molecule has 2 N–H and O–H groups in total. The van der Waals surface area contributed by atoms with Crippen LogP contribution in [0.2, 0.25) is 0 Å². The van der Waals surface area contributed by atoms with Gasteiger partial charge in [0.05, 0.1) is 6.20 Å². The smallest absolute Gasteiger partial charge is 0.328 e. The molecule has 7 nitrogen and oxygen atoms in total. The Morgan fingerprint density at radius 3 is 2.89 bits per heavy atom. The molecule has 0 bridgehead atoms. The van der Waals surface area contributed by atoms with Crippen LogP contribution < -0.4 is 16.6 Å². The first-order chi connectivity index (χ1) is 9.08. The third kappa shape index (κ3) is 3.28. The molecule has 1 fully saturated rings. The topological polar surface area (TPSA) is 87.2 Å². The van der Waals surface area contributed by atoms with Gasteiger partial charge in [0, 0.05) is 19.6 Å². The Labute approximate surface area is 108 Å². The van der Waals surface area contributed by atoms with Crippen LogP contribution >= 0.6 is 0 Å². The third-order valence-corrected chi connectivity index (χ3v) is 2.97. The molecule has 0 saturated carbocycles. The number of aromatic nitrogens is 2. The van der Waals surface area contributed by atoms with Crippen LogP contribution in [0.1, 0.15) is 6.42 Å².